The Morgan fingerprint density at radius 2 is 1.44 bits per heavy atom. The van der Waals surface area contributed by atoms with Crippen LogP contribution in [0.2, 0.25) is 0 Å². The summed E-state index contributed by atoms with van der Waals surface area (Å²) in [5.74, 6) is 0. The molecule has 2 nitrogen and oxygen atoms in total. The van der Waals surface area contributed by atoms with Crippen LogP contribution in [0, 0.1) is 5.41 Å². The zero-order chi connectivity index (χ0) is 12.0. The van der Waals surface area contributed by atoms with Gasteiger partial charge in [-0.2, -0.15) is 0 Å². The van der Waals surface area contributed by atoms with Crippen molar-refractivity contribution in [2.45, 2.75) is 82.3 Å². The highest BCUT2D eigenvalue weighted by atomic mass is 15.2. The summed E-state index contributed by atoms with van der Waals surface area (Å²) in [4.78, 5) is 2.84. The molecule has 0 amide bonds. The third-order valence-corrected chi connectivity index (χ3v) is 6.21. The number of fused-ring (bicyclic) bond motifs is 2. The Bertz CT molecular complexity index is 286. The van der Waals surface area contributed by atoms with E-state index >= 15 is 0 Å². The molecular formula is C16H28N2. The van der Waals surface area contributed by atoms with Gasteiger partial charge in [0.25, 0.3) is 0 Å². The smallest absolute Gasteiger partial charge is 0.0125 e. The van der Waals surface area contributed by atoms with Crippen molar-refractivity contribution < 1.29 is 0 Å². The molecule has 1 N–H and O–H groups in total. The predicted molar refractivity (Wildman–Crippen MR) is 74.7 cm³/mol. The Labute approximate surface area is 111 Å². The molecular weight excluding hydrogens is 220 g/mol. The fourth-order valence-electron chi connectivity index (χ4n) is 5.19. The fraction of sp³-hybridized carbons (Fsp3) is 1.00. The van der Waals surface area contributed by atoms with Gasteiger partial charge in [0, 0.05) is 31.2 Å². The van der Waals surface area contributed by atoms with Crippen molar-refractivity contribution in [3.8, 4) is 0 Å². The van der Waals surface area contributed by atoms with Gasteiger partial charge in [0.1, 0.15) is 0 Å². The van der Waals surface area contributed by atoms with E-state index in [2.05, 4.69) is 10.2 Å². The Balaban J connectivity index is 1.35. The number of hydrogen-bond acceptors (Lipinski definition) is 2. The normalized spacial score (nSPS) is 43.7. The first-order chi connectivity index (χ1) is 8.83. The lowest BCUT2D eigenvalue weighted by atomic mass is 9.72. The van der Waals surface area contributed by atoms with E-state index in [1.807, 2.05) is 0 Å². The van der Waals surface area contributed by atoms with Crippen LogP contribution in [0.15, 0.2) is 0 Å². The minimum Gasteiger partial charge on any atom is -0.311 e. The van der Waals surface area contributed by atoms with Crippen LogP contribution in [0.25, 0.3) is 0 Å². The number of nitrogens with zero attached hydrogens (tertiary/aromatic N) is 1. The van der Waals surface area contributed by atoms with Crippen molar-refractivity contribution in [3.63, 3.8) is 0 Å². The van der Waals surface area contributed by atoms with Gasteiger partial charge in [-0.05, 0) is 43.9 Å². The third-order valence-electron chi connectivity index (χ3n) is 6.21. The first-order valence-electron chi connectivity index (χ1n) is 8.33. The van der Waals surface area contributed by atoms with Crippen LogP contribution >= 0.6 is 0 Å². The molecule has 2 heteroatoms. The predicted octanol–water partition coefficient (Wildman–Crippen LogP) is 2.93. The second-order valence-corrected chi connectivity index (χ2v) is 7.58. The number of nitrogens with one attached hydrogen (secondary N) is 1. The van der Waals surface area contributed by atoms with E-state index in [1.165, 1.54) is 77.3 Å². The van der Waals surface area contributed by atoms with Crippen LogP contribution in [0.5, 0.6) is 0 Å². The van der Waals surface area contributed by atoms with Gasteiger partial charge < -0.3 is 5.32 Å². The minimum absolute atomic E-state index is 0.764. The highest BCUT2D eigenvalue weighted by Gasteiger charge is 2.47. The van der Waals surface area contributed by atoms with E-state index in [9.17, 15) is 0 Å². The summed E-state index contributed by atoms with van der Waals surface area (Å²) in [5.41, 5.74) is 0.764. The summed E-state index contributed by atoms with van der Waals surface area (Å²) in [7, 11) is 0. The summed E-state index contributed by atoms with van der Waals surface area (Å²) in [6.07, 6.45) is 14.8. The van der Waals surface area contributed by atoms with Crippen molar-refractivity contribution in [2.75, 3.05) is 13.1 Å². The zero-order valence-corrected chi connectivity index (χ0v) is 11.7. The maximum atomic E-state index is 3.78. The summed E-state index contributed by atoms with van der Waals surface area (Å²) in [6, 6.07) is 2.65. The molecule has 0 radical (unpaired) electrons. The fourth-order valence-corrected chi connectivity index (χ4v) is 5.19. The van der Waals surface area contributed by atoms with Crippen LogP contribution in [0.3, 0.4) is 0 Å². The minimum atomic E-state index is 0.764. The molecule has 2 atom stereocenters. The van der Waals surface area contributed by atoms with Crippen LogP contribution in [0.4, 0.5) is 0 Å². The molecule has 1 aliphatic carbocycles. The Morgan fingerprint density at radius 1 is 0.833 bits per heavy atom. The van der Waals surface area contributed by atoms with Crippen LogP contribution in [-0.4, -0.2) is 36.1 Å². The Kier molecular flexibility index (Phi) is 2.92. The van der Waals surface area contributed by atoms with Crippen LogP contribution in [-0.2, 0) is 0 Å². The second kappa shape index (κ2) is 4.49. The average Bonchev–Trinajstić information content (AvgIpc) is 2.56. The van der Waals surface area contributed by atoms with E-state index < -0.39 is 0 Å². The van der Waals surface area contributed by atoms with Gasteiger partial charge in [-0.3, -0.25) is 4.90 Å². The monoisotopic (exact) mass is 248 g/mol. The van der Waals surface area contributed by atoms with Crippen molar-refractivity contribution in [3.05, 3.63) is 0 Å². The van der Waals surface area contributed by atoms with Gasteiger partial charge in [0.2, 0.25) is 0 Å². The lowest BCUT2D eigenvalue weighted by Gasteiger charge is -2.55. The molecule has 2 bridgehead atoms. The Hall–Kier alpha value is -0.0800. The standard InChI is InChI=1S/C16H28N2/c1-2-4-8-16(7-3-1)11-18(12-16)15-9-13-5-6-14(10-15)17-13/h13-15,17H,1-12H2. The number of hydrogen-bond donors (Lipinski definition) is 1. The maximum absolute atomic E-state index is 3.78. The van der Waals surface area contributed by atoms with Crippen molar-refractivity contribution in [1.29, 1.82) is 0 Å². The van der Waals surface area contributed by atoms with E-state index in [1.54, 1.807) is 0 Å². The van der Waals surface area contributed by atoms with Gasteiger partial charge in [-0.15, -0.1) is 0 Å². The van der Waals surface area contributed by atoms with Gasteiger partial charge in [-0.1, -0.05) is 25.7 Å². The lowest BCUT2D eigenvalue weighted by Crippen LogP contribution is -2.62. The topological polar surface area (TPSA) is 15.3 Å². The van der Waals surface area contributed by atoms with Crippen LogP contribution < -0.4 is 5.32 Å². The number of piperidine rings is 1. The van der Waals surface area contributed by atoms with E-state index in [4.69, 9.17) is 0 Å². The summed E-state index contributed by atoms with van der Waals surface area (Å²) < 4.78 is 0. The van der Waals surface area contributed by atoms with E-state index in [-0.39, 0.29) is 0 Å². The molecule has 3 saturated heterocycles. The highest BCUT2D eigenvalue weighted by molar-refractivity contribution is 5.03. The molecule has 3 heterocycles. The average molecular weight is 248 g/mol. The SMILES string of the molecule is C1CCCC2(CC1)CN(C1CC3CCC(C1)N3)C2. The molecule has 4 aliphatic rings. The molecule has 4 fully saturated rings. The molecule has 18 heavy (non-hydrogen) atoms. The second-order valence-electron chi connectivity index (χ2n) is 7.58. The summed E-state index contributed by atoms with van der Waals surface area (Å²) in [6.45, 7) is 2.88. The van der Waals surface area contributed by atoms with Gasteiger partial charge in [0.15, 0.2) is 0 Å². The molecule has 0 aromatic carbocycles. The molecule has 102 valence electrons. The van der Waals surface area contributed by atoms with E-state index in [0.29, 0.717) is 0 Å². The summed E-state index contributed by atoms with van der Waals surface area (Å²) >= 11 is 0. The Morgan fingerprint density at radius 3 is 2.06 bits per heavy atom. The van der Waals surface area contributed by atoms with Crippen molar-refractivity contribution in [2.24, 2.45) is 5.41 Å². The van der Waals surface area contributed by atoms with Crippen molar-refractivity contribution >= 4 is 0 Å². The van der Waals surface area contributed by atoms with Gasteiger partial charge >= 0.3 is 0 Å². The first-order valence-corrected chi connectivity index (χ1v) is 8.33. The summed E-state index contributed by atoms with van der Waals surface area (Å²) in [5, 5.41) is 3.78. The number of likely N-dealkylation sites (tertiary alicyclic amines) is 1. The molecule has 4 rings (SSSR count). The molecule has 1 saturated carbocycles. The number of rotatable bonds is 1. The molecule has 1 spiro atoms. The maximum Gasteiger partial charge on any atom is 0.0125 e. The zero-order valence-electron chi connectivity index (χ0n) is 11.7. The first kappa shape index (κ1) is 11.7. The van der Waals surface area contributed by atoms with Crippen LogP contribution in [0.1, 0.15) is 64.2 Å². The van der Waals surface area contributed by atoms with Gasteiger partial charge in [0.05, 0.1) is 0 Å². The molecule has 3 aliphatic heterocycles. The highest BCUT2D eigenvalue weighted by Crippen LogP contribution is 2.45. The molecule has 2 unspecified atom stereocenters. The lowest BCUT2D eigenvalue weighted by molar-refractivity contribution is -0.0532. The third kappa shape index (κ3) is 2.02. The quantitative estimate of drug-likeness (QED) is 0.767. The molecule has 0 aromatic heterocycles. The largest absolute Gasteiger partial charge is 0.311 e. The van der Waals surface area contributed by atoms with Gasteiger partial charge in [-0.25, -0.2) is 0 Å². The molecule has 0 aromatic rings. The van der Waals surface area contributed by atoms with Crippen molar-refractivity contribution in [1.82, 2.24) is 10.2 Å². The van der Waals surface area contributed by atoms with E-state index in [0.717, 1.165) is 23.5 Å².